The summed E-state index contributed by atoms with van der Waals surface area (Å²) in [7, 11) is -3.74. The Morgan fingerprint density at radius 1 is 1.17 bits per heavy atom. The van der Waals surface area contributed by atoms with Crippen molar-refractivity contribution in [1.29, 1.82) is 0 Å². The Morgan fingerprint density at radius 3 is 2.58 bits per heavy atom. The Labute approximate surface area is 139 Å². The van der Waals surface area contributed by atoms with Gasteiger partial charge in [-0.1, -0.05) is 0 Å². The molecule has 24 heavy (non-hydrogen) atoms. The van der Waals surface area contributed by atoms with Gasteiger partial charge in [0, 0.05) is 19.3 Å². The number of nitrogens with zero attached hydrogens (tertiary/aromatic N) is 3. The molecule has 2 heterocycles. The number of halogens is 1. The molecule has 0 spiro atoms. The zero-order valence-corrected chi connectivity index (χ0v) is 13.7. The highest BCUT2D eigenvalue weighted by atomic mass is 32.2. The van der Waals surface area contributed by atoms with E-state index in [9.17, 15) is 12.8 Å². The smallest absolute Gasteiger partial charge is 0.240 e. The van der Waals surface area contributed by atoms with Crippen LogP contribution in [-0.2, 0) is 21.3 Å². The summed E-state index contributed by atoms with van der Waals surface area (Å²) in [4.78, 5) is 10.5. The molecule has 1 saturated heterocycles. The van der Waals surface area contributed by atoms with Crippen LogP contribution in [0.15, 0.2) is 41.4 Å². The number of sulfonamides is 1. The lowest BCUT2D eigenvalue weighted by molar-refractivity contribution is 0.122. The fraction of sp³-hybridized carbons (Fsp3) is 0.333. The van der Waals surface area contributed by atoms with Crippen LogP contribution in [0.3, 0.4) is 0 Å². The Morgan fingerprint density at radius 2 is 1.88 bits per heavy atom. The number of hydrogen-bond acceptors (Lipinski definition) is 6. The number of ether oxygens (including phenoxy) is 1. The topological polar surface area (TPSA) is 84.4 Å². The second-order valence-corrected chi connectivity index (χ2v) is 6.98. The van der Waals surface area contributed by atoms with Crippen LogP contribution in [-0.4, -0.2) is 44.7 Å². The molecular weight excluding hydrogens is 335 g/mol. The van der Waals surface area contributed by atoms with Crippen LogP contribution >= 0.6 is 0 Å². The Bertz CT molecular complexity index is 793. The van der Waals surface area contributed by atoms with Crippen LogP contribution in [0, 0.1) is 5.82 Å². The molecule has 1 aliphatic heterocycles. The predicted molar refractivity (Wildman–Crippen MR) is 85.5 cm³/mol. The lowest BCUT2D eigenvalue weighted by Crippen LogP contribution is -2.37. The molecule has 2 aromatic rings. The highest BCUT2D eigenvalue weighted by Crippen LogP contribution is 2.13. The van der Waals surface area contributed by atoms with Crippen molar-refractivity contribution in [3.8, 4) is 0 Å². The minimum absolute atomic E-state index is 0.00626. The van der Waals surface area contributed by atoms with Gasteiger partial charge in [0.05, 0.1) is 24.7 Å². The van der Waals surface area contributed by atoms with E-state index in [1.165, 1.54) is 12.1 Å². The maximum atomic E-state index is 12.9. The number of nitrogens with one attached hydrogen (secondary N) is 1. The first-order chi connectivity index (χ1) is 11.5. The minimum atomic E-state index is -3.74. The maximum Gasteiger partial charge on any atom is 0.240 e. The van der Waals surface area contributed by atoms with Gasteiger partial charge in [-0.05, 0) is 30.3 Å². The molecule has 0 unspecified atom stereocenters. The van der Waals surface area contributed by atoms with E-state index in [0.29, 0.717) is 19.0 Å². The van der Waals surface area contributed by atoms with Crippen molar-refractivity contribution in [2.24, 2.45) is 0 Å². The van der Waals surface area contributed by atoms with Crippen molar-refractivity contribution >= 4 is 15.8 Å². The SMILES string of the molecule is O=S(=O)(NCc1nccc(N2CCOCC2)n1)c1ccc(F)cc1. The van der Waals surface area contributed by atoms with Crippen LogP contribution in [0.1, 0.15) is 5.82 Å². The first-order valence-electron chi connectivity index (χ1n) is 7.44. The Hall–Kier alpha value is -2.10. The molecule has 0 bridgehead atoms. The van der Waals surface area contributed by atoms with Gasteiger partial charge in [0.25, 0.3) is 0 Å². The molecule has 0 saturated carbocycles. The number of rotatable bonds is 5. The van der Waals surface area contributed by atoms with Gasteiger partial charge in [-0.2, -0.15) is 0 Å². The molecule has 0 aliphatic carbocycles. The lowest BCUT2D eigenvalue weighted by atomic mass is 10.4. The van der Waals surface area contributed by atoms with Gasteiger partial charge in [-0.25, -0.2) is 27.5 Å². The summed E-state index contributed by atoms with van der Waals surface area (Å²) in [6.07, 6.45) is 1.60. The highest BCUT2D eigenvalue weighted by molar-refractivity contribution is 7.89. The third-order valence-corrected chi connectivity index (χ3v) is 4.99. The van der Waals surface area contributed by atoms with E-state index in [-0.39, 0.29) is 11.4 Å². The zero-order valence-electron chi connectivity index (χ0n) is 12.9. The summed E-state index contributed by atoms with van der Waals surface area (Å²) >= 11 is 0. The molecule has 3 rings (SSSR count). The first kappa shape index (κ1) is 16.7. The van der Waals surface area contributed by atoms with Crippen molar-refractivity contribution in [3.05, 3.63) is 48.2 Å². The van der Waals surface area contributed by atoms with E-state index in [4.69, 9.17) is 4.74 Å². The van der Waals surface area contributed by atoms with Gasteiger partial charge in [0.2, 0.25) is 10.0 Å². The number of hydrogen-bond donors (Lipinski definition) is 1. The predicted octanol–water partition coefficient (Wildman–Crippen LogP) is 0.931. The van der Waals surface area contributed by atoms with E-state index >= 15 is 0 Å². The van der Waals surface area contributed by atoms with Crippen molar-refractivity contribution in [2.75, 3.05) is 31.2 Å². The number of anilines is 1. The summed E-state index contributed by atoms with van der Waals surface area (Å²) in [6, 6.07) is 6.41. The normalized spacial score (nSPS) is 15.5. The molecule has 9 heteroatoms. The summed E-state index contributed by atoms with van der Waals surface area (Å²) in [5, 5.41) is 0. The fourth-order valence-electron chi connectivity index (χ4n) is 2.30. The Balaban J connectivity index is 1.68. The van der Waals surface area contributed by atoms with Crippen LogP contribution in [0.25, 0.3) is 0 Å². The second kappa shape index (κ2) is 7.20. The van der Waals surface area contributed by atoms with Crippen molar-refractivity contribution in [2.45, 2.75) is 11.4 Å². The summed E-state index contributed by atoms with van der Waals surface area (Å²) in [5.74, 6) is 0.615. The van der Waals surface area contributed by atoms with E-state index in [1.54, 1.807) is 12.3 Å². The average molecular weight is 352 g/mol. The Kier molecular flexibility index (Phi) is 5.03. The number of benzene rings is 1. The average Bonchev–Trinajstić information content (AvgIpc) is 2.61. The molecule has 1 aromatic carbocycles. The van der Waals surface area contributed by atoms with E-state index < -0.39 is 15.8 Å². The van der Waals surface area contributed by atoms with Gasteiger partial charge in [-0.3, -0.25) is 0 Å². The lowest BCUT2D eigenvalue weighted by Gasteiger charge is -2.27. The molecule has 128 valence electrons. The van der Waals surface area contributed by atoms with Gasteiger partial charge in [0.1, 0.15) is 17.5 Å². The molecule has 0 amide bonds. The van der Waals surface area contributed by atoms with Crippen molar-refractivity contribution in [3.63, 3.8) is 0 Å². The van der Waals surface area contributed by atoms with Crippen LogP contribution in [0.2, 0.25) is 0 Å². The first-order valence-corrected chi connectivity index (χ1v) is 8.93. The molecule has 7 nitrogen and oxygen atoms in total. The minimum Gasteiger partial charge on any atom is -0.378 e. The third kappa shape index (κ3) is 4.05. The van der Waals surface area contributed by atoms with Gasteiger partial charge >= 0.3 is 0 Å². The van der Waals surface area contributed by atoms with E-state index in [1.807, 2.05) is 0 Å². The zero-order chi connectivity index (χ0) is 17.0. The van der Waals surface area contributed by atoms with E-state index in [0.717, 1.165) is 31.0 Å². The summed E-state index contributed by atoms with van der Waals surface area (Å²) in [5.41, 5.74) is 0. The maximum absolute atomic E-state index is 12.9. The van der Waals surface area contributed by atoms with Gasteiger partial charge < -0.3 is 9.64 Å². The molecule has 1 aliphatic rings. The van der Waals surface area contributed by atoms with Gasteiger partial charge in [-0.15, -0.1) is 0 Å². The molecule has 1 fully saturated rings. The van der Waals surface area contributed by atoms with Crippen LogP contribution in [0.4, 0.5) is 10.2 Å². The molecule has 1 aromatic heterocycles. The second-order valence-electron chi connectivity index (χ2n) is 5.21. The largest absolute Gasteiger partial charge is 0.378 e. The van der Waals surface area contributed by atoms with Crippen LogP contribution in [0.5, 0.6) is 0 Å². The molecule has 0 radical (unpaired) electrons. The molecule has 1 N–H and O–H groups in total. The summed E-state index contributed by atoms with van der Waals surface area (Å²) in [6.45, 7) is 2.69. The van der Waals surface area contributed by atoms with Gasteiger partial charge in [0.15, 0.2) is 0 Å². The fourth-order valence-corrected chi connectivity index (χ4v) is 3.28. The molecule has 0 atom stereocenters. The van der Waals surface area contributed by atoms with Crippen LogP contribution < -0.4 is 9.62 Å². The number of morpholine rings is 1. The van der Waals surface area contributed by atoms with Crippen molar-refractivity contribution in [1.82, 2.24) is 14.7 Å². The van der Waals surface area contributed by atoms with Crippen molar-refractivity contribution < 1.29 is 17.5 Å². The highest BCUT2D eigenvalue weighted by Gasteiger charge is 2.16. The standard InChI is InChI=1S/C15H17FN4O3S/c16-12-1-3-13(4-2-12)24(21,22)18-11-14-17-6-5-15(19-14)20-7-9-23-10-8-20/h1-6,18H,7-11H2. The third-order valence-electron chi connectivity index (χ3n) is 3.57. The van der Waals surface area contributed by atoms with E-state index in [2.05, 4.69) is 19.6 Å². The molecular formula is C15H17FN4O3S. The summed E-state index contributed by atoms with van der Waals surface area (Å²) < 4.78 is 45.0. The monoisotopic (exact) mass is 352 g/mol. The quantitative estimate of drug-likeness (QED) is 0.862. The number of aromatic nitrogens is 2.